The number of hydrogen-bond acceptors (Lipinski definition) is 7. The van der Waals surface area contributed by atoms with E-state index in [0.29, 0.717) is 16.8 Å². The molecule has 0 aromatic heterocycles. The fourth-order valence-electron chi connectivity index (χ4n) is 2.92. The zero-order valence-corrected chi connectivity index (χ0v) is 18.8. The monoisotopic (exact) mass is 467 g/mol. The van der Waals surface area contributed by atoms with Gasteiger partial charge in [-0.1, -0.05) is 32.7 Å². The maximum atomic E-state index is 12.4. The summed E-state index contributed by atoms with van der Waals surface area (Å²) in [6.45, 7) is 0. The largest absolute Gasteiger partial charge is 0.508 e. The number of nitrogens with one attached hydrogen (secondary N) is 1. The number of benzene rings is 4. The number of anilines is 3. The minimum atomic E-state index is -0.397. The van der Waals surface area contributed by atoms with E-state index in [0.717, 1.165) is 10.3 Å². The molecule has 0 aliphatic rings. The number of phenols is 3. The van der Waals surface area contributed by atoms with Crippen molar-refractivity contribution in [3.63, 3.8) is 0 Å². The minimum absolute atomic E-state index is 0.00667. The van der Waals surface area contributed by atoms with E-state index in [1.54, 1.807) is 23.5 Å². The fraction of sp³-hybridized carbons (Fsp3) is 0. The van der Waals surface area contributed by atoms with Gasteiger partial charge in [0, 0.05) is 33.1 Å². The minimum Gasteiger partial charge on any atom is -0.508 e. The molecule has 9 heteroatoms. The number of amides is 1. The van der Waals surface area contributed by atoms with Gasteiger partial charge < -0.3 is 32.1 Å². The van der Waals surface area contributed by atoms with Crippen LogP contribution in [0.1, 0.15) is 10.4 Å². The van der Waals surface area contributed by atoms with Gasteiger partial charge in [0.05, 0.1) is 11.3 Å². The first kappa shape index (κ1) is 23.1. The molecule has 7 nitrogen and oxygen atoms in total. The van der Waals surface area contributed by atoms with Crippen molar-refractivity contribution in [1.82, 2.24) is 0 Å². The second-order valence-electron chi connectivity index (χ2n) is 6.75. The summed E-state index contributed by atoms with van der Waals surface area (Å²) in [6, 6.07) is 20.1. The Balaban J connectivity index is 0.000000269. The summed E-state index contributed by atoms with van der Waals surface area (Å²) in [6.07, 6.45) is 0. The first-order valence-corrected chi connectivity index (χ1v) is 11.7. The smallest absolute Gasteiger partial charge is 0.259 e. The van der Waals surface area contributed by atoms with Gasteiger partial charge in [0.25, 0.3) is 5.91 Å². The van der Waals surface area contributed by atoms with Crippen LogP contribution in [0.3, 0.4) is 0 Å². The summed E-state index contributed by atoms with van der Waals surface area (Å²) >= 11 is 1.55. The summed E-state index contributed by atoms with van der Waals surface area (Å²) < 4.78 is 0. The molecular formula is C23H22N3O4PS. The number of hydrogen-bond donors (Lipinski definition) is 6. The van der Waals surface area contributed by atoms with Crippen LogP contribution in [0, 0.1) is 0 Å². The maximum absolute atomic E-state index is 12.4. The van der Waals surface area contributed by atoms with E-state index >= 15 is 0 Å². The maximum Gasteiger partial charge on any atom is 0.259 e. The Morgan fingerprint density at radius 2 is 1.50 bits per heavy atom. The zero-order chi connectivity index (χ0) is 23.3. The van der Waals surface area contributed by atoms with Crippen LogP contribution < -0.4 is 16.8 Å². The third-order valence-electron chi connectivity index (χ3n) is 4.55. The lowest BCUT2D eigenvalue weighted by Gasteiger charge is -2.11. The molecule has 1 unspecified atom stereocenters. The normalized spacial score (nSPS) is 10.3. The molecule has 1 amide bonds. The van der Waals surface area contributed by atoms with Crippen molar-refractivity contribution in [3.05, 3.63) is 78.4 Å². The Morgan fingerprint density at radius 1 is 0.844 bits per heavy atom. The molecular weight excluding hydrogens is 445 g/mol. The van der Waals surface area contributed by atoms with Crippen molar-refractivity contribution in [3.8, 4) is 17.2 Å². The Morgan fingerprint density at radius 3 is 2.09 bits per heavy atom. The number of fused-ring (bicyclic) bond motifs is 1. The van der Waals surface area contributed by atoms with Gasteiger partial charge in [-0.15, -0.1) is 11.4 Å². The third-order valence-corrected chi connectivity index (χ3v) is 5.91. The fourth-order valence-corrected chi connectivity index (χ4v) is 3.68. The van der Waals surface area contributed by atoms with Crippen LogP contribution in [-0.2, 0) is 0 Å². The third kappa shape index (κ3) is 5.35. The molecule has 0 aliphatic heterocycles. The number of nitrogen functional groups attached to an aromatic ring is 2. The van der Waals surface area contributed by atoms with Crippen molar-refractivity contribution >= 4 is 53.6 Å². The Labute approximate surface area is 191 Å². The van der Waals surface area contributed by atoms with Crippen molar-refractivity contribution in [1.29, 1.82) is 0 Å². The highest BCUT2D eigenvalue weighted by atomic mass is 32.7. The van der Waals surface area contributed by atoms with Crippen LogP contribution in [0.4, 0.5) is 17.1 Å². The molecule has 0 saturated carbocycles. The summed E-state index contributed by atoms with van der Waals surface area (Å²) in [4.78, 5) is 13.5. The lowest BCUT2D eigenvalue weighted by molar-refractivity contribution is 0.102. The number of carbonyl (C=O) groups is 1. The molecule has 4 aromatic carbocycles. The van der Waals surface area contributed by atoms with E-state index in [1.165, 1.54) is 24.3 Å². The van der Waals surface area contributed by atoms with E-state index < -0.39 is 5.91 Å². The lowest BCUT2D eigenvalue weighted by Crippen LogP contribution is -2.12. The SMILES string of the molecule is Nc1cc(C(=O)Nc2ccc(SP)cc2)c(O)c2ccccc12.Nc1cc(O)ccc1O. The van der Waals surface area contributed by atoms with Gasteiger partial charge >= 0.3 is 0 Å². The van der Waals surface area contributed by atoms with Crippen LogP contribution in [0.15, 0.2) is 77.7 Å². The molecule has 0 fully saturated rings. The van der Waals surface area contributed by atoms with Crippen LogP contribution >= 0.6 is 19.8 Å². The molecule has 164 valence electrons. The number of aromatic hydroxyl groups is 3. The average Bonchev–Trinajstić information content (AvgIpc) is 2.80. The van der Waals surface area contributed by atoms with Crippen LogP contribution in [0.5, 0.6) is 17.2 Å². The zero-order valence-electron chi connectivity index (χ0n) is 16.8. The van der Waals surface area contributed by atoms with E-state index in [1.807, 2.05) is 36.4 Å². The van der Waals surface area contributed by atoms with Crippen LogP contribution in [-0.4, -0.2) is 21.2 Å². The summed E-state index contributed by atoms with van der Waals surface area (Å²) in [5.41, 5.74) is 12.7. The molecule has 0 bridgehead atoms. The predicted molar refractivity (Wildman–Crippen MR) is 134 cm³/mol. The topological polar surface area (TPSA) is 142 Å². The predicted octanol–water partition coefficient (Wildman–Crippen LogP) is 4.94. The molecule has 0 heterocycles. The van der Waals surface area contributed by atoms with Crippen molar-refractivity contribution in [2.24, 2.45) is 0 Å². The second-order valence-corrected chi connectivity index (χ2v) is 8.16. The van der Waals surface area contributed by atoms with Crippen LogP contribution in [0.25, 0.3) is 10.8 Å². The Bertz CT molecular complexity index is 1270. The molecule has 0 saturated heterocycles. The highest BCUT2D eigenvalue weighted by Crippen LogP contribution is 2.33. The van der Waals surface area contributed by atoms with Gasteiger partial charge in [-0.25, -0.2) is 0 Å². The molecule has 4 rings (SSSR count). The molecule has 8 N–H and O–H groups in total. The van der Waals surface area contributed by atoms with Crippen molar-refractivity contribution in [2.45, 2.75) is 4.90 Å². The van der Waals surface area contributed by atoms with Crippen molar-refractivity contribution < 1.29 is 20.1 Å². The van der Waals surface area contributed by atoms with Crippen LogP contribution in [0.2, 0.25) is 0 Å². The molecule has 0 radical (unpaired) electrons. The van der Waals surface area contributed by atoms with Gasteiger partial charge in [-0.05, 0) is 42.5 Å². The van der Waals surface area contributed by atoms with E-state index in [9.17, 15) is 9.90 Å². The average molecular weight is 467 g/mol. The number of phenolic OH excluding ortho intramolecular Hbond substituents is 3. The van der Waals surface area contributed by atoms with Gasteiger partial charge in [0.15, 0.2) is 0 Å². The lowest BCUT2D eigenvalue weighted by atomic mass is 10.0. The summed E-state index contributed by atoms with van der Waals surface area (Å²) in [5.74, 6) is -0.409. The Hall–Kier alpha value is -3.61. The number of carbonyl (C=O) groups excluding carboxylic acids is 1. The standard InChI is InChI=1S/C17H15N2O2PS.C6H7NO2/c18-15-9-14(16(20)13-4-2-1-3-12(13)15)17(21)19-10-5-7-11(23-22)8-6-10;7-5-3-4(8)1-2-6(5)9/h1-9,20H,18,22H2,(H,19,21);1-3,8-9H,7H2. The van der Waals surface area contributed by atoms with Gasteiger partial charge in [0.2, 0.25) is 0 Å². The molecule has 0 aliphatic carbocycles. The van der Waals surface area contributed by atoms with E-state index in [2.05, 4.69) is 13.8 Å². The number of rotatable bonds is 3. The second kappa shape index (κ2) is 10.1. The quantitative estimate of drug-likeness (QED) is 0.108. The first-order chi connectivity index (χ1) is 15.3. The van der Waals surface area contributed by atoms with Crippen molar-refractivity contribution in [2.75, 3.05) is 16.8 Å². The summed E-state index contributed by atoms with van der Waals surface area (Å²) in [5, 5.41) is 32.0. The highest BCUT2D eigenvalue weighted by molar-refractivity contribution is 8.43. The van der Waals surface area contributed by atoms with E-state index in [-0.39, 0.29) is 28.5 Å². The molecule has 0 spiro atoms. The van der Waals surface area contributed by atoms with Gasteiger partial charge in [0.1, 0.15) is 17.2 Å². The number of nitrogens with two attached hydrogens (primary N) is 2. The van der Waals surface area contributed by atoms with Gasteiger partial charge in [-0.2, -0.15) is 0 Å². The first-order valence-electron chi connectivity index (χ1n) is 9.36. The Kier molecular flexibility index (Phi) is 7.30. The molecule has 1 atom stereocenters. The highest BCUT2D eigenvalue weighted by Gasteiger charge is 2.16. The summed E-state index contributed by atoms with van der Waals surface area (Å²) in [7, 11) is 2.57. The molecule has 4 aromatic rings. The molecule has 32 heavy (non-hydrogen) atoms. The van der Waals surface area contributed by atoms with E-state index in [4.69, 9.17) is 21.7 Å². The van der Waals surface area contributed by atoms with Gasteiger partial charge in [-0.3, -0.25) is 4.79 Å².